The van der Waals surface area contributed by atoms with E-state index in [0.29, 0.717) is 17.5 Å². The lowest BCUT2D eigenvalue weighted by Crippen LogP contribution is -1.98. The molecule has 0 fully saturated rings. The summed E-state index contributed by atoms with van der Waals surface area (Å²) in [6, 6.07) is 21.8. The standard InChI is InChI=1S/C20H16N6S/c1-13-11-14(12-21)9-10-17(13)23-20-24-19(22)26(25-20)27-18-8-4-6-15-5-2-3-7-16(15)18/h2-11H,1H3,(H3,22,23,24,25). The molecule has 0 aliphatic rings. The number of nitrogens with zero attached hydrogens (tertiary/aromatic N) is 4. The molecular formula is C20H16N6S. The number of nitrogens with two attached hydrogens (primary N) is 1. The molecule has 132 valence electrons. The lowest BCUT2D eigenvalue weighted by Gasteiger charge is -2.06. The molecule has 0 radical (unpaired) electrons. The average Bonchev–Trinajstić information content (AvgIpc) is 3.02. The van der Waals surface area contributed by atoms with Gasteiger partial charge in [-0.25, -0.2) is 0 Å². The van der Waals surface area contributed by atoms with Crippen molar-refractivity contribution in [3.8, 4) is 6.07 Å². The van der Waals surface area contributed by atoms with Crippen LogP contribution in [0, 0.1) is 18.3 Å². The Morgan fingerprint density at radius 1 is 1.11 bits per heavy atom. The van der Waals surface area contributed by atoms with Crippen LogP contribution < -0.4 is 11.1 Å². The average molecular weight is 372 g/mol. The van der Waals surface area contributed by atoms with Gasteiger partial charge in [0.1, 0.15) is 0 Å². The highest BCUT2D eigenvalue weighted by Gasteiger charge is 2.11. The van der Waals surface area contributed by atoms with Crippen LogP contribution in [0.2, 0.25) is 0 Å². The van der Waals surface area contributed by atoms with Crippen molar-refractivity contribution in [2.75, 3.05) is 11.1 Å². The van der Waals surface area contributed by atoms with Crippen molar-refractivity contribution in [3.05, 3.63) is 71.8 Å². The number of nitriles is 1. The zero-order valence-electron chi connectivity index (χ0n) is 14.5. The number of aromatic nitrogens is 3. The Morgan fingerprint density at radius 3 is 2.74 bits per heavy atom. The number of benzene rings is 3. The molecule has 3 aromatic carbocycles. The van der Waals surface area contributed by atoms with Gasteiger partial charge < -0.3 is 11.1 Å². The van der Waals surface area contributed by atoms with Crippen molar-refractivity contribution in [1.29, 1.82) is 5.26 Å². The molecule has 0 spiro atoms. The molecule has 3 N–H and O–H groups in total. The van der Waals surface area contributed by atoms with Crippen LogP contribution in [-0.2, 0) is 0 Å². The number of anilines is 3. The zero-order valence-corrected chi connectivity index (χ0v) is 15.4. The van der Waals surface area contributed by atoms with Crippen molar-refractivity contribution in [2.45, 2.75) is 11.8 Å². The third-order valence-electron chi connectivity index (χ3n) is 4.14. The van der Waals surface area contributed by atoms with E-state index in [9.17, 15) is 0 Å². The van der Waals surface area contributed by atoms with E-state index in [2.05, 4.69) is 39.7 Å². The molecule has 1 aromatic heterocycles. The van der Waals surface area contributed by atoms with Crippen LogP contribution in [0.5, 0.6) is 0 Å². The number of nitrogen functional groups attached to an aromatic ring is 1. The Bertz CT molecular complexity index is 1170. The lowest BCUT2D eigenvalue weighted by molar-refractivity contribution is 1.02. The van der Waals surface area contributed by atoms with E-state index >= 15 is 0 Å². The summed E-state index contributed by atoms with van der Waals surface area (Å²) >= 11 is 1.42. The largest absolute Gasteiger partial charge is 0.367 e. The number of rotatable bonds is 4. The van der Waals surface area contributed by atoms with E-state index in [0.717, 1.165) is 26.9 Å². The molecule has 0 bridgehead atoms. The van der Waals surface area contributed by atoms with Gasteiger partial charge in [0.15, 0.2) is 0 Å². The Kier molecular flexibility index (Phi) is 4.40. The number of fused-ring (bicyclic) bond motifs is 1. The van der Waals surface area contributed by atoms with E-state index in [4.69, 9.17) is 11.0 Å². The van der Waals surface area contributed by atoms with Gasteiger partial charge in [-0.2, -0.15) is 14.3 Å². The summed E-state index contributed by atoms with van der Waals surface area (Å²) in [5.41, 5.74) is 8.44. The second-order valence-electron chi connectivity index (χ2n) is 6.00. The summed E-state index contributed by atoms with van der Waals surface area (Å²) in [6.45, 7) is 1.92. The molecule has 0 unspecified atom stereocenters. The molecule has 1 heterocycles. The van der Waals surface area contributed by atoms with Gasteiger partial charge in [0.25, 0.3) is 0 Å². The van der Waals surface area contributed by atoms with E-state index in [1.807, 2.05) is 43.3 Å². The van der Waals surface area contributed by atoms with Crippen LogP contribution in [0.4, 0.5) is 17.6 Å². The van der Waals surface area contributed by atoms with Crippen LogP contribution in [0.3, 0.4) is 0 Å². The minimum atomic E-state index is 0.307. The van der Waals surface area contributed by atoms with Gasteiger partial charge in [0.2, 0.25) is 11.9 Å². The Balaban J connectivity index is 1.61. The van der Waals surface area contributed by atoms with E-state index in [1.54, 1.807) is 10.2 Å². The molecule has 0 atom stereocenters. The second-order valence-corrected chi connectivity index (χ2v) is 6.97. The van der Waals surface area contributed by atoms with Crippen molar-refractivity contribution in [2.24, 2.45) is 0 Å². The Hall–Kier alpha value is -3.50. The summed E-state index contributed by atoms with van der Waals surface area (Å²) in [4.78, 5) is 5.35. The number of nitrogens with one attached hydrogen (secondary N) is 1. The topological polar surface area (TPSA) is 92.5 Å². The van der Waals surface area contributed by atoms with Crippen LogP contribution in [-0.4, -0.2) is 14.2 Å². The maximum Gasteiger partial charge on any atom is 0.249 e. The van der Waals surface area contributed by atoms with Crippen molar-refractivity contribution in [3.63, 3.8) is 0 Å². The third kappa shape index (κ3) is 3.43. The van der Waals surface area contributed by atoms with Crippen LogP contribution >= 0.6 is 11.9 Å². The van der Waals surface area contributed by atoms with Crippen molar-refractivity contribution < 1.29 is 0 Å². The number of hydrogen-bond acceptors (Lipinski definition) is 6. The zero-order chi connectivity index (χ0) is 18.8. The summed E-state index contributed by atoms with van der Waals surface area (Å²) in [7, 11) is 0. The molecule has 4 rings (SSSR count). The third-order valence-corrected chi connectivity index (χ3v) is 5.13. The first-order valence-corrected chi connectivity index (χ1v) is 9.08. The summed E-state index contributed by atoms with van der Waals surface area (Å²) in [5, 5.41) is 18.9. The Labute approximate surface area is 160 Å². The number of aryl methyl sites for hydroxylation is 1. The quantitative estimate of drug-likeness (QED) is 0.548. The van der Waals surface area contributed by atoms with Gasteiger partial charge >= 0.3 is 0 Å². The molecule has 0 saturated carbocycles. The lowest BCUT2D eigenvalue weighted by atomic mass is 10.1. The minimum Gasteiger partial charge on any atom is -0.367 e. The van der Waals surface area contributed by atoms with Gasteiger partial charge in [-0.05, 0) is 47.5 Å². The molecule has 0 saturated heterocycles. The highest BCUT2D eigenvalue weighted by Crippen LogP contribution is 2.30. The highest BCUT2D eigenvalue weighted by molar-refractivity contribution is 7.98. The first-order valence-electron chi connectivity index (χ1n) is 8.30. The second kappa shape index (κ2) is 7.02. The highest BCUT2D eigenvalue weighted by atomic mass is 32.2. The number of hydrogen-bond donors (Lipinski definition) is 2. The molecule has 4 aromatic rings. The fourth-order valence-corrected chi connectivity index (χ4v) is 3.66. The molecule has 7 heteroatoms. The maximum atomic E-state index is 8.98. The molecule has 0 amide bonds. The summed E-state index contributed by atoms with van der Waals surface area (Å²) in [6.07, 6.45) is 0. The molecule has 0 aliphatic heterocycles. The first kappa shape index (κ1) is 16.9. The molecule has 27 heavy (non-hydrogen) atoms. The normalized spacial score (nSPS) is 10.7. The predicted molar refractivity (Wildman–Crippen MR) is 109 cm³/mol. The van der Waals surface area contributed by atoms with Gasteiger partial charge in [-0.3, -0.25) is 0 Å². The van der Waals surface area contributed by atoms with Gasteiger partial charge in [0, 0.05) is 22.5 Å². The molecule has 6 nitrogen and oxygen atoms in total. The van der Waals surface area contributed by atoms with Gasteiger partial charge in [0.05, 0.1) is 11.6 Å². The van der Waals surface area contributed by atoms with Gasteiger partial charge in [-0.15, -0.1) is 5.10 Å². The maximum absolute atomic E-state index is 8.98. The van der Waals surface area contributed by atoms with Crippen molar-refractivity contribution >= 4 is 40.3 Å². The van der Waals surface area contributed by atoms with Crippen LogP contribution in [0.1, 0.15) is 11.1 Å². The summed E-state index contributed by atoms with van der Waals surface area (Å²) < 4.78 is 1.60. The van der Waals surface area contributed by atoms with E-state index in [1.165, 1.54) is 11.9 Å². The first-order chi connectivity index (χ1) is 13.1. The Morgan fingerprint density at radius 2 is 1.93 bits per heavy atom. The fourth-order valence-electron chi connectivity index (χ4n) is 2.79. The van der Waals surface area contributed by atoms with Gasteiger partial charge in [-0.1, -0.05) is 36.4 Å². The fraction of sp³-hybridized carbons (Fsp3) is 0.0500. The van der Waals surface area contributed by atoms with E-state index in [-0.39, 0.29) is 0 Å². The summed E-state index contributed by atoms with van der Waals surface area (Å²) in [5.74, 6) is 0.717. The predicted octanol–water partition coefficient (Wildman–Crippen LogP) is 4.49. The monoisotopic (exact) mass is 372 g/mol. The minimum absolute atomic E-state index is 0.307. The van der Waals surface area contributed by atoms with E-state index < -0.39 is 0 Å². The van der Waals surface area contributed by atoms with Crippen molar-refractivity contribution in [1.82, 2.24) is 14.2 Å². The molecule has 0 aliphatic carbocycles. The molecular weight excluding hydrogens is 356 g/mol. The van der Waals surface area contributed by atoms with Crippen LogP contribution in [0.15, 0.2) is 65.6 Å². The SMILES string of the molecule is Cc1cc(C#N)ccc1Nc1nc(N)n(Sc2cccc3ccccc23)n1. The smallest absolute Gasteiger partial charge is 0.249 e. The van der Waals surface area contributed by atoms with Crippen LogP contribution in [0.25, 0.3) is 10.8 Å².